The van der Waals surface area contributed by atoms with E-state index in [1.54, 1.807) is 11.2 Å². The van der Waals surface area contributed by atoms with Crippen LogP contribution in [-0.2, 0) is 11.2 Å². The van der Waals surface area contributed by atoms with Gasteiger partial charge in [0.1, 0.15) is 5.82 Å². The summed E-state index contributed by atoms with van der Waals surface area (Å²) < 4.78 is 11.4. The number of hydrogen-bond acceptors (Lipinski definition) is 8. The number of hydrazone groups is 1. The normalized spacial score (nSPS) is 13.3. The number of benzene rings is 1. The van der Waals surface area contributed by atoms with Gasteiger partial charge in [0.15, 0.2) is 5.82 Å². The molecule has 1 fully saturated rings. The molecule has 0 unspecified atom stereocenters. The van der Waals surface area contributed by atoms with Crippen molar-refractivity contribution in [2.75, 3.05) is 49.9 Å². The first-order valence-corrected chi connectivity index (χ1v) is 11.3. The highest BCUT2D eigenvalue weighted by molar-refractivity contribution is 5.99. The van der Waals surface area contributed by atoms with Crippen molar-refractivity contribution in [3.05, 3.63) is 72.2 Å². The van der Waals surface area contributed by atoms with E-state index in [-0.39, 0.29) is 24.8 Å². The fraction of sp³-hybridized carbons (Fsp3) is 0.280. The number of hydrogen-bond donors (Lipinski definition) is 1. The summed E-state index contributed by atoms with van der Waals surface area (Å²) in [7, 11) is 1.87. The van der Waals surface area contributed by atoms with Gasteiger partial charge in [-0.05, 0) is 18.2 Å². The quantitative estimate of drug-likeness (QED) is 0.197. The molecule has 1 aromatic carbocycles. The highest BCUT2D eigenvalue weighted by atomic mass is 35.5. The third-order valence-corrected chi connectivity index (χ3v) is 5.65. The lowest BCUT2D eigenvalue weighted by Gasteiger charge is -2.28. The van der Waals surface area contributed by atoms with Crippen molar-refractivity contribution in [2.45, 2.75) is 6.42 Å². The largest absolute Gasteiger partial charge is 1.00 e. The minimum atomic E-state index is 0. The molecule has 36 heavy (non-hydrogen) atoms. The fourth-order valence-corrected chi connectivity index (χ4v) is 3.79. The van der Waals surface area contributed by atoms with Gasteiger partial charge in [-0.1, -0.05) is 24.3 Å². The van der Waals surface area contributed by atoms with Crippen molar-refractivity contribution >= 4 is 28.8 Å². The predicted octanol–water partition coefficient (Wildman–Crippen LogP) is -2.71. The van der Waals surface area contributed by atoms with Gasteiger partial charge < -0.3 is 44.2 Å². The molecular weight excluding hydrogens is 501 g/mol. The number of anilines is 2. The van der Waals surface area contributed by atoms with Crippen LogP contribution in [0.15, 0.2) is 66.0 Å². The maximum Gasteiger partial charge on any atom is 0.320 e. The Morgan fingerprint density at radius 2 is 1.92 bits per heavy atom. The summed E-state index contributed by atoms with van der Waals surface area (Å²) in [5.41, 5.74) is 3.05. The number of morpholine rings is 1. The van der Waals surface area contributed by atoms with E-state index in [0.717, 1.165) is 41.1 Å². The Morgan fingerprint density at radius 1 is 1.11 bits per heavy atom. The van der Waals surface area contributed by atoms with Crippen molar-refractivity contribution in [1.82, 2.24) is 19.9 Å². The Morgan fingerprint density at radius 3 is 2.72 bits per heavy atom. The molecule has 9 nitrogen and oxygen atoms in total. The zero-order chi connectivity index (χ0) is 23.2. The SMILES string of the molecule is CN(/N=C/c1c[nH]c2ccccc12)c1cc(N2CCOCC2)nc(OCCc2ccccn2)n1.[Cl-].[Cl-]. The molecular formula is C25H27Cl2N7O2-2. The second kappa shape index (κ2) is 13.1. The lowest BCUT2D eigenvalue weighted by atomic mass is 10.2. The summed E-state index contributed by atoms with van der Waals surface area (Å²) in [6.07, 6.45) is 6.24. The van der Waals surface area contributed by atoms with Gasteiger partial charge in [0.25, 0.3) is 0 Å². The summed E-state index contributed by atoms with van der Waals surface area (Å²) in [5.74, 6) is 1.45. The van der Waals surface area contributed by atoms with E-state index >= 15 is 0 Å². The number of ether oxygens (including phenoxy) is 2. The van der Waals surface area contributed by atoms with Crippen LogP contribution in [0.25, 0.3) is 10.9 Å². The van der Waals surface area contributed by atoms with E-state index < -0.39 is 0 Å². The van der Waals surface area contributed by atoms with E-state index in [9.17, 15) is 0 Å². The number of pyridine rings is 1. The van der Waals surface area contributed by atoms with E-state index in [4.69, 9.17) is 9.47 Å². The number of para-hydroxylation sites is 1. The molecule has 11 heteroatoms. The number of nitrogens with zero attached hydrogens (tertiary/aromatic N) is 6. The van der Waals surface area contributed by atoms with Crippen LogP contribution in [0.2, 0.25) is 0 Å². The number of aromatic nitrogens is 4. The molecule has 0 radical (unpaired) electrons. The Labute approximate surface area is 222 Å². The summed E-state index contributed by atoms with van der Waals surface area (Å²) in [5, 5.41) is 7.49. The Kier molecular flexibility index (Phi) is 9.86. The van der Waals surface area contributed by atoms with E-state index in [1.807, 2.05) is 61.9 Å². The van der Waals surface area contributed by atoms with Crippen LogP contribution in [0, 0.1) is 0 Å². The zero-order valence-corrected chi connectivity index (χ0v) is 21.4. The molecule has 1 N–H and O–H groups in total. The molecule has 0 spiro atoms. The van der Waals surface area contributed by atoms with Crippen LogP contribution in [0.1, 0.15) is 11.3 Å². The molecule has 1 saturated heterocycles. The molecule has 190 valence electrons. The molecule has 4 heterocycles. The molecule has 3 aromatic heterocycles. The summed E-state index contributed by atoms with van der Waals surface area (Å²) in [6, 6.07) is 16.3. The average molecular weight is 528 g/mol. The maximum absolute atomic E-state index is 5.94. The van der Waals surface area contributed by atoms with E-state index in [1.165, 1.54) is 0 Å². The lowest BCUT2D eigenvalue weighted by molar-refractivity contribution is -0.001000. The van der Waals surface area contributed by atoms with E-state index in [0.29, 0.717) is 38.1 Å². The van der Waals surface area contributed by atoms with Crippen molar-refractivity contribution in [2.24, 2.45) is 5.10 Å². The van der Waals surface area contributed by atoms with Gasteiger partial charge in [-0.2, -0.15) is 15.1 Å². The van der Waals surface area contributed by atoms with Crippen LogP contribution in [0.3, 0.4) is 0 Å². The first kappa shape index (κ1) is 27.2. The van der Waals surface area contributed by atoms with Crippen LogP contribution < -0.4 is 39.5 Å². The molecule has 0 saturated carbocycles. The predicted molar refractivity (Wildman–Crippen MR) is 133 cm³/mol. The smallest absolute Gasteiger partial charge is 0.320 e. The first-order valence-electron chi connectivity index (χ1n) is 11.3. The first-order chi connectivity index (χ1) is 16.8. The Bertz CT molecular complexity index is 1260. The Hall–Kier alpha value is -3.40. The third-order valence-electron chi connectivity index (χ3n) is 5.65. The van der Waals surface area contributed by atoms with Crippen LogP contribution in [-0.4, -0.2) is 66.1 Å². The number of halogens is 2. The number of rotatable bonds is 8. The van der Waals surface area contributed by atoms with Gasteiger partial charge >= 0.3 is 6.01 Å². The molecule has 5 rings (SSSR count). The van der Waals surface area contributed by atoms with Gasteiger partial charge in [-0.3, -0.25) is 9.99 Å². The van der Waals surface area contributed by atoms with Crippen LogP contribution in [0.4, 0.5) is 11.6 Å². The topological polar surface area (TPSA) is 91.8 Å². The van der Waals surface area contributed by atoms with Crippen LogP contribution in [0.5, 0.6) is 6.01 Å². The van der Waals surface area contributed by atoms with Crippen molar-refractivity contribution < 1.29 is 34.3 Å². The number of nitrogens with one attached hydrogen (secondary N) is 1. The Balaban J connectivity index is 0.00000180. The molecule has 1 aliphatic heterocycles. The monoisotopic (exact) mass is 527 g/mol. The number of H-pyrrole nitrogens is 1. The van der Waals surface area contributed by atoms with E-state index in [2.05, 4.69) is 36.0 Å². The van der Waals surface area contributed by atoms with Gasteiger partial charge in [-0.15, -0.1) is 0 Å². The summed E-state index contributed by atoms with van der Waals surface area (Å²) in [6.45, 7) is 3.32. The molecule has 0 amide bonds. The molecule has 0 atom stereocenters. The highest BCUT2D eigenvalue weighted by Crippen LogP contribution is 2.23. The zero-order valence-electron chi connectivity index (χ0n) is 19.8. The van der Waals surface area contributed by atoms with Crippen molar-refractivity contribution in [3.63, 3.8) is 0 Å². The fourth-order valence-electron chi connectivity index (χ4n) is 3.79. The van der Waals surface area contributed by atoms with Gasteiger partial charge in [0, 0.05) is 67.2 Å². The lowest BCUT2D eigenvalue weighted by Crippen LogP contribution is -3.00. The van der Waals surface area contributed by atoms with Crippen molar-refractivity contribution in [1.29, 1.82) is 0 Å². The summed E-state index contributed by atoms with van der Waals surface area (Å²) >= 11 is 0. The number of fused-ring (bicyclic) bond motifs is 1. The highest BCUT2D eigenvalue weighted by Gasteiger charge is 2.17. The second-order valence-corrected chi connectivity index (χ2v) is 7.94. The minimum Gasteiger partial charge on any atom is -1.00 e. The minimum absolute atomic E-state index is 0. The van der Waals surface area contributed by atoms with Crippen molar-refractivity contribution in [3.8, 4) is 6.01 Å². The molecule has 4 aromatic rings. The number of aromatic amines is 1. The molecule has 1 aliphatic rings. The molecule has 0 aliphatic carbocycles. The van der Waals surface area contributed by atoms with Gasteiger partial charge in [0.05, 0.1) is 26.0 Å². The average Bonchev–Trinajstić information content (AvgIpc) is 3.31. The molecule has 0 bridgehead atoms. The van der Waals surface area contributed by atoms with Crippen LogP contribution >= 0.6 is 0 Å². The maximum atomic E-state index is 5.94. The second-order valence-electron chi connectivity index (χ2n) is 7.94. The summed E-state index contributed by atoms with van der Waals surface area (Å²) in [4.78, 5) is 19.1. The van der Waals surface area contributed by atoms with Gasteiger partial charge in [0.2, 0.25) is 0 Å². The third kappa shape index (κ3) is 6.63. The standard InChI is InChI=1S/C25H27N7O2.2ClH/c1-31(28-18-19-17-27-22-8-3-2-7-21(19)22)23-16-24(32-11-14-33-15-12-32)30-25(29-23)34-13-9-20-6-4-5-10-26-20;;/h2-8,10,16-18,27H,9,11-15H2,1H3;2*1H/p-2/b28-18+;;. The van der Waals surface area contributed by atoms with Gasteiger partial charge in [-0.25, -0.2) is 0 Å².